The second kappa shape index (κ2) is 6.85. The third-order valence-electron chi connectivity index (χ3n) is 3.12. The van der Waals surface area contributed by atoms with Gasteiger partial charge in [0.05, 0.1) is 11.9 Å². The first kappa shape index (κ1) is 14.9. The Morgan fingerprint density at radius 3 is 2.70 bits per heavy atom. The van der Waals surface area contributed by atoms with Gasteiger partial charge in [-0.1, -0.05) is 36.4 Å². The predicted molar refractivity (Wildman–Crippen MR) is 96.8 cm³/mol. The van der Waals surface area contributed by atoms with E-state index >= 15 is 0 Å². The molecule has 3 N–H and O–H groups in total. The monoisotopic (exact) mass is 322 g/mol. The van der Waals surface area contributed by atoms with Crippen molar-refractivity contribution in [3.8, 4) is 5.75 Å². The largest absolute Gasteiger partial charge is 0.506 e. The summed E-state index contributed by atoms with van der Waals surface area (Å²) in [5.74, 6) is 0.145. The third-order valence-corrected chi connectivity index (χ3v) is 3.31. The number of fused-ring (bicyclic) bond motifs is 1. The van der Waals surface area contributed by atoms with Crippen LogP contribution in [-0.4, -0.2) is 21.4 Å². The van der Waals surface area contributed by atoms with Crippen LogP contribution in [0.1, 0.15) is 5.69 Å². The van der Waals surface area contributed by atoms with Crippen LogP contribution in [0.5, 0.6) is 5.75 Å². The number of nitrogens with zero attached hydrogens (tertiary/aromatic N) is 2. The fraction of sp³-hybridized carbons (Fsp3) is 0. The average molecular weight is 322 g/mol. The lowest BCUT2D eigenvalue weighted by molar-refractivity contribution is 0.480. The summed E-state index contributed by atoms with van der Waals surface area (Å²) in [5, 5.41) is 18.1. The molecule has 6 heteroatoms. The summed E-state index contributed by atoms with van der Waals surface area (Å²) < 4.78 is 0. The van der Waals surface area contributed by atoms with Crippen LogP contribution in [0, 0.1) is 0 Å². The molecule has 3 rings (SSSR count). The van der Waals surface area contributed by atoms with Gasteiger partial charge in [0.1, 0.15) is 11.3 Å². The number of para-hydroxylation sites is 2. The predicted octanol–water partition coefficient (Wildman–Crippen LogP) is 3.26. The number of aromatic nitrogens is 1. The summed E-state index contributed by atoms with van der Waals surface area (Å²) in [6.07, 6.45) is 1.55. The van der Waals surface area contributed by atoms with Gasteiger partial charge in [-0.3, -0.25) is 5.43 Å². The first-order valence-electron chi connectivity index (χ1n) is 6.96. The second-order valence-corrected chi connectivity index (χ2v) is 5.18. The van der Waals surface area contributed by atoms with E-state index in [0.29, 0.717) is 16.3 Å². The maximum atomic E-state index is 9.82. The average Bonchev–Trinajstić information content (AvgIpc) is 2.56. The van der Waals surface area contributed by atoms with E-state index < -0.39 is 0 Å². The Hall–Kier alpha value is -2.99. The summed E-state index contributed by atoms with van der Waals surface area (Å²) in [6.45, 7) is 0. The molecule has 0 radical (unpaired) electrons. The molecular formula is C17H14N4OS. The molecule has 0 fully saturated rings. The molecule has 5 nitrogen and oxygen atoms in total. The molecule has 0 atom stereocenters. The Bertz CT molecular complexity index is 865. The number of hydrogen-bond acceptors (Lipinski definition) is 4. The van der Waals surface area contributed by atoms with E-state index in [1.54, 1.807) is 18.3 Å². The molecule has 0 bridgehead atoms. The number of benzene rings is 2. The number of phenols is 1. The molecule has 0 aliphatic heterocycles. The fourth-order valence-corrected chi connectivity index (χ4v) is 2.23. The normalized spacial score (nSPS) is 10.8. The Balaban J connectivity index is 1.66. The molecule has 0 saturated carbocycles. The van der Waals surface area contributed by atoms with Gasteiger partial charge in [-0.05, 0) is 36.5 Å². The van der Waals surface area contributed by atoms with Crippen molar-refractivity contribution in [2.75, 3.05) is 5.32 Å². The minimum absolute atomic E-state index is 0.145. The van der Waals surface area contributed by atoms with Crippen molar-refractivity contribution < 1.29 is 5.11 Å². The van der Waals surface area contributed by atoms with Gasteiger partial charge >= 0.3 is 0 Å². The quantitative estimate of drug-likeness (QED) is 0.392. The van der Waals surface area contributed by atoms with E-state index in [1.807, 2.05) is 48.5 Å². The third kappa shape index (κ3) is 3.81. The number of thiocarbonyl (C=S) groups is 1. The van der Waals surface area contributed by atoms with Gasteiger partial charge in [-0.15, -0.1) is 0 Å². The molecule has 2 aromatic carbocycles. The smallest absolute Gasteiger partial charge is 0.191 e. The number of phenolic OH excluding ortho intramolecular Hbond substituents is 1. The maximum Gasteiger partial charge on any atom is 0.191 e. The highest BCUT2D eigenvalue weighted by Gasteiger charge is 2.01. The van der Waals surface area contributed by atoms with Gasteiger partial charge in [0.25, 0.3) is 0 Å². The van der Waals surface area contributed by atoms with Crippen LogP contribution in [-0.2, 0) is 0 Å². The molecule has 0 aliphatic carbocycles. The Morgan fingerprint density at radius 1 is 1.04 bits per heavy atom. The number of nitrogens with one attached hydrogen (secondary N) is 2. The first-order valence-corrected chi connectivity index (χ1v) is 7.37. The first-order chi connectivity index (χ1) is 11.2. The van der Waals surface area contributed by atoms with Crippen molar-refractivity contribution >= 4 is 40.1 Å². The van der Waals surface area contributed by atoms with Crippen molar-refractivity contribution in [1.82, 2.24) is 10.4 Å². The number of hydrogen-bond donors (Lipinski definition) is 3. The van der Waals surface area contributed by atoms with Crippen LogP contribution in [0.15, 0.2) is 65.8 Å². The zero-order valence-corrected chi connectivity index (χ0v) is 12.9. The molecule has 1 aromatic heterocycles. The van der Waals surface area contributed by atoms with E-state index in [9.17, 15) is 5.11 Å². The molecule has 23 heavy (non-hydrogen) atoms. The minimum Gasteiger partial charge on any atom is -0.506 e. The lowest BCUT2D eigenvalue weighted by Crippen LogP contribution is -2.23. The SMILES string of the molecule is Oc1cccc2ccc(/C=N/NC(=S)Nc3ccccc3)nc12. The maximum absolute atomic E-state index is 9.82. The highest BCUT2D eigenvalue weighted by atomic mass is 32.1. The zero-order chi connectivity index (χ0) is 16.1. The zero-order valence-electron chi connectivity index (χ0n) is 12.1. The van der Waals surface area contributed by atoms with Gasteiger partial charge in [0.15, 0.2) is 5.11 Å². The highest BCUT2D eigenvalue weighted by molar-refractivity contribution is 7.80. The molecule has 0 unspecified atom stereocenters. The summed E-state index contributed by atoms with van der Waals surface area (Å²) >= 11 is 5.15. The van der Waals surface area contributed by atoms with Gasteiger partial charge < -0.3 is 10.4 Å². The topological polar surface area (TPSA) is 69.5 Å². The van der Waals surface area contributed by atoms with Crippen molar-refractivity contribution in [1.29, 1.82) is 0 Å². The van der Waals surface area contributed by atoms with Crippen LogP contribution >= 0.6 is 12.2 Å². The Labute approximate surface area is 138 Å². The summed E-state index contributed by atoms with van der Waals surface area (Å²) in [5.41, 5.74) is 4.78. The molecule has 3 aromatic rings. The van der Waals surface area contributed by atoms with Crippen molar-refractivity contribution in [3.63, 3.8) is 0 Å². The minimum atomic E-state index is 0.145. The van der Waals surface area contributed by atoms with Crippen molar-refractivity contribution in [2.24, 2.45) is 5.10 Å². The fourth-order valence-electron chi connectivity index (χ4n) is 2.06. The molecular weight excluding hydrogens is 308 g/mol. The van der Waals surface area contributed by atoms with Crippen LogP contribution in [0.2, 0.25) is 0 Å². The molecule has 1 heterocycles. The molecule has 0 amide bonds. The van der Waals surface area contributed by atoms with Gasteiger partial charge in [-0.25, -0.2) is 4.98 Å². The molecule has 0 saturated heterocycles. The lowest BCUT2D eigenvalue weighted by atomic mass is 10.2. The second-order valence-electron chi connectivity index (χ2n) is 4.78. The van der Waals surface area contributed by atoms with Crippen LogP contribution in [0.25, 0.3) is 10.9 Å². The van der Waals surface area contributed by atoms with Crippen molar-refractivity contribution in [3.05, 3.63) is 66.4 Å². The van der Waals surface area contributed by atoms with E-state index in [2.05, 4.69) is 20.8 Å². The Morgan fingerprint density at radius 2 is 1.87 bits per heavy atom. The number of hydrazone groups is 1. The number of aromatic hydroxyl groups is 1. The Kier molecular flexibility index (Phi) is 4.44. The summed E-state index contributed by atoms with van der Waals surface area (Å²) in [7, 11) is 0. The molecule has 114 valence electrons. The summed E-state index contributed by atoms with van der Waals surface area (Å²) in [4.78, 5) is 4.35. The number of anilines is 1. The molecule has 0 aliphatic rings. The lowest BCUT2D eigenvalue weighted by Gasteiger charge is -2.06. The van der Waals surface area contributed by atoms with E-state index in [1.165, 1.54) is 0 Å². The van der Waals surface area contributed by atoms with E-state index in [0.717, 1.165) is 11.1 Å². The van der Waals surface area contributed by atoms with Crippen LogP contribution < -0.4 is 10.7 Å². The summed E-state index contributed by atoms with van der Waals surface area (Å²) in [6, 6.07) is 18.6. The van der Waals surface area contributed by atoms with Gasteiger partial charge in [0.2, 0.25) is 0 Å². The van der Waals surface area contributed by atoms with Gasteiger partial charge in [0, 0.05) is 11.1 Å². The van der Waals surface area contributed by atoms with E-state index in [-0.39, 0.29) is 5.75 Å². The standard InChI is InChI=1S/C17H14N4OS/c22-15-8-4-5-12-9-10-14(19-16(12)15)11-18-21-17(23)20-13-6-2-1-3-7-13/h1-11,22H,(H2,20,21,23)/b18-11+. The highest BCUT2D eigenvalue weighted by Crippen LogP contribution is 2.21. The van der Waals surface area contributed by atoms with Crippen LogP contribution in [0.3, 0.4) is 0 Å². The van der Waals surface area contributed by atoms with Gasteiger partial charge in [-0.2, -0.15) is 5.10 Å². The van der Waals surface area contributed by atoms with Crippen molar-refractivity contribution in [2.45, 2.75) is 0 Å². The van der Waals surface area contributed by atoms with Crippen LogP contribution in [0.4, 0.5) is 5.69 Å². The number of pyridine rings is 1. The number of rotatable bonds is 3. The molecule has 0 spiro atoms. The van der Waals surface area contributed by atoms with E-state index in [4.69, 9.17) is 12.2 Å².